The number of nitriles is 1. The summed E-state index contributed by atoms with van der Waals surface area (Å²) in [6.45, 7) is 2.08. The molecular weight excluding hydrogens is 266 g/mol. The lowest BCUT2D eigenvalue weighted by atomic mass is 10.2. The third-order valence-corrected chi connectivity index (χ3v) is 2.86. The Labute approximate surface area is 123 Å². The number of aryl methyl sites for hydroxylation is 1. The van der Waals surface area contributed by atoms with Gasteiger partial charge in [-0.3, -0.25) is 0 Å². The predicted molar refractivity (Wildman–Crippen MR) is 77.6 cm³/mol. The third-order valence-electron chi connectivity index (χ3n) is 2.86. The highest BCUT2D eigenvalue weighted by Crippen LogP contribution is 2.11. The number of ether oxygens (including phenoxy) is 2. The van der Waals surface area contributed by atoms with Gasteiger partial charge in [-0.05, 0) is 36.8 Å². The topological polar surface area (TPSA) is 59.3 Å². The first-order valence-corrected chi connectivity index (χ1v) is 6.51. The molecule has 0 amide bonds. The Morgan fingerprint density at radius 1 is 1.10 bits per heavy atom. The molecule has 0 saturated heterocycles. The second-order valence-corrected chi connectivity index (χ2v) is 4.57. The molecule has 0 unspecified atom stereocenters. The van der Waals surface area contributed by atoms with Crippen LogP contribution in [0.5, 0.6) is 5.75 Å². The van der Waals surface area contributed by atoms with Crippen LogP contribution in [0, 0.1) is 18.3 Å². The van der Waals surface area contributed by atoms with Gasteiger partial charge in [-0.15, -0.1) is 0 Å². The smallest absolute Gasteiger partial charge is 0.344 e. The van der Waals surface area contributed by atoms with Crippen molar-refractivity contribution < 1.29 is 14.3 Å². The molecule has 2 aromatic carbocycles. The van der Waals surface area contributed by atoms with Gasteiger partial charge in [-0.1, -0.05) is 29.8 Å². The molecule has 0 aliphatic rings. The molecule has 0 saturated carbocycles. The molecule has 0 aliphatic heterocycles. The summed E-state index contributed by atoms with van der Waals surface area (Å²) in [6.07, 6.45) is 0. The molecule has 106 valence electrons. The molecule has 2 aromatic rings. The molecule has 0 heterocycles. The van der Waals surface area contributed by atoms with Gasteiger partial charge in [0.1, 0.15) is 12.4 Å². The molecule has 0 fully saturated rings. The number of carbonyl (C=O) groups excluding carboxylic acids is 1. The first-order valence-electron chi connectivity index (χ1n) is 6.51. The molecule has 0 spiro atoms. The van der Waals surface area contributed by atoms with E-state index in [0.717, 1.165) is 11.1 Å². The van der Waals surface area contributed by atoms with E-state index in [9.17, 15) is 4.79 Å². The Morgan fingerprint density at radius 2 is 1.76 bits per heavy atom. The Kier molecular flexibility index (Phi) is 4.94. The lowest BCUT2D eigenvalue weighted by Crippen LogP contribution is -2.14. The molecule has 0 N–H and O–H groups in total. The maximum Gasteiger partial charge on any atom is 0.344 e. The lowest BCUT2D eigenvalue weighted by molar-refractivity contribution is -0.147. The van der Waals surface area contributed by atoms with E-state index in [1.807, 2.05) is 37.3 Å². The van der Waals surface area contributed by atoms with Crippen molar-refractivity contribution in [2.75, 3.05) is 6.61 Å². The first kappa shape index (κ1) is 14.6. The molecule has 4 nitrogen and oxygen atoms in total. The van der Waals surface area contributed by atoms with Crippen molar-refractivity contribution in [3.8, 4) is 11.8 Å². The molecule has 21 heavy (non-hydrogen) atoms. The molecular formula is C17H15NO3. The van der Waals surface area contributed by atoms with Crippen LogP contribution in [0.15, 0.2) is 48.5 Å². The molecule has 4 heteroatoms. The Bertz CT molecular complexity index is 639. The van der Waals surface area contributed by atoms with Crippen molar-refractivity contribution in [1.82, 2.24) is 0 Å². The highest BCUT2D eigenvalue weighted by Gasteiger charge is 2.05. The van der Waals surface area contributed by atoms with Crippen molar-refractivity contribution in [3.63, 3.8) is 0 Å². The van der Waals surface area contributed by atoms with Crippen LogP contribution in [-0.2, 0) is 16.1 Å². The SMILES string of the molecule is Cc1ccc(COC(=O)COc2ccc(C#N)cc2)cc1. The van der Waals surface area contributed by atoms with Gasteiger partial charge < -0.3 is 9.47 Å². The zero-order chi connectivity index (χ0) is 15.1. The van der Waals surface area contributed by atoms with E-state index in [-0.39, 0.29) is 13.2 Å². The summed E-state index contributed by atoms with van der Waals surface area (Å²) in [6, 6.07) is 16.3. The molecule has 0 bridgehead atoms. The summed E-state index contributed by atoms with van der Waals surface area (Å²) in [5.41, 5.74) is 2.64. The van der Waals surface area contributed by atoms with Crippen LogP contribution in [0.4, 0.5) is 0 Å². The van der Waals surface area contributed by atoms with Crippen LogP contribution in [0.25, 0.3) is 0 Å². The van der Waals surface area contributed by atoms with E-state index >= 15 is 0 Å². The van der Waals surface area contributed by atoms with Gasteiger partial charge in [-0.25, -0.2) is 4.79 Å². The van der Waals surface area contributed by atoms with Gasteiger partial charge in [-0.2, -0.15) is 5.26 Å². The summed E-state index contributed by atoms with van der Waals surface area (Å²) in [4.78, 5) is 11.6. The average molecular weight is 281 g/mol. The minimum Gasteiger partial charge on any atom is -0.482 e. The van der Waals surface area contributed by atoms with E-state index in [1.54, 1.807) is 24.3 Å². The van der Waals surface area contributed by atoms with Gasteiger partial charge in [0.2, 0.25) is 0 Å². The van der Waals surface area contributed by atoms with Crippen LogP contribution in [0.1, 0.15) is 16.7 Å². The van der Waals surface area contributed by atoms with E-state index < -0.39 is 5.97 Å². The van der Waals surface area contributed by atoms with Gasteiger partial charge in [0.25, 0.3) is 0 Å². The summed E-state index contributed by atoms with van der Waals surface area (Å²) in [5, 5.41) is 8.68. The number of hydrogen-bond acceptors (Lipinski definition) is 4. The second-order valence-electron chi connectivity index (χ2n) is 4.57. The van der Waals surface area contributed by atoms with Gasteiger partial charge >= 0.3 is 5.97 Å². The van der Waals surface area contributed by atoms with Crippen molar-refractivity contribution in [2.24, 2.45) is 0 Å². The number of hydrogen-bond donors (Lipinski definition) is 0. The molecule has 0 aromatic heterocycles. The monoisotopic (exact) mass is 281 g/mol. The standard InChI is InChI=1S/C17H15NO3/c1-13-2-4-15(5-3-13)11-21-17(19)12-20-16-8-6-14(10-18)7-9-16/h2-9H,11-12H2,1H3. The lowest BCUT2D eigenvalue weighted by Gasteiger charge is -2.07. The van der Waals surface area contributed by atoms with E-state index in [2.05, 4.69) is 0 Å². The second kappa shape index (κ2) is 7.11. The average Bonchev–Trinajstić information content (AvgIpc) is 2.53. The third kappa shape index (κ3) is 4.66. The van der Waals surface area contributed by atoms with Gasteiger partial charge in [0.15, 0.2) is 6.61 Å². The highest BCUT2D eigenvalue weighted by molar-refractivity contribution is 5.71. The Morgan fingerprint density at radius 3 is 2.38 bits per heavy atom. The van der Waals surface area contributed by atoms with Crippen LogP contribution < -0.4 is 4.74 Å². The summed E-state index contributed by atoms with van der Waals surface area (Å²) in [7, 11) is 0. The number of benzene rings is 2. The first-order chi connectivity index (χ1) is 10.2. The van der Waals surface area contributed by atoms with Crippen molar-refractivity contribution in [1.29, 1.82) is 5.26 Å². The largest absolute Gasteiger partial charge is 0.482 e. The number of rotatable bonds is 5. The fraction of sp³-hybridized carbons (Fsp3) is 0.176. The fourth-order valence-corrected chi connectivity index (χ4v) is 1.66. The van der Waals surface area contributed by atoms with Crippen LogP contribution in [0.3, 0.4) is 0 Å². The van der Waals surface area contributed by atoms with Crippen molar-refractivity contribution in [3.05, 3.63) is 65.2 Å². The summed E-state index contributed by atoms with van der Waals surface area (Å²) in [5.74, 6) is 0.0984. The normalized spacial score (nSPS) is 9.71. The predicted octanol–water partition coefficient (Wildman–Crippen LogP) is 2.99. The van der Waals surface area contributed by atoms with Crippen LogP contribution in [0.2, 0.25) is 0 Å². The van der Waals surface area contributed by atoms with Crippen LogP contribution >= 0.6 is 0 Å². The molecule has 0 atom stereocenters. The van der Waals surface area contributed by atoms with Gasteiger partial charge in [0, 0.05) is 0 Å². The Hall–Kier alpha value is -2.80. The van der Waals surface area contributed by atoms with E-state index in [4.69, 9.17) is 14.7 Å². The zero-order valence-electron chi connectivity index (χ0n) is 11.7. The summed E-state index contributed by atoms with van der Waals surface area (Å²) < 4.78 is 10.4. The van der Waals surface area contributed by atoms with Crippen LogP contribution in [-0.4, -0.2) is 12.6 Å². The maximum atomic E-state index is 11.6. The molecule has 2 rings (SSSR count). The van der Waals surface area contributed by atoms with Crippen molar-refractivity contribution >= 4 is 5.97 Å². The minimum absolute atomic E-state index is 0.155. The van der Waals surface area contributed by atoms with E-state index in [1.165, 1.54) is 0 Å². The number of nitrogens with zero attached hydrogens (tertiary/aromatic N) is 1. The number of esters is 1. The maximum absolute atomic E-state index is 11.6. The molecule has 0 aliphatic carbocycles. The van der Waals surface area contributed by atoms with E-state index in [0.29, 0.717) is 11.3 Å². The number of carbonyl (C=O) groups is 1. The zero-order valence-corrected chi connectivity index (χ0v) is 11.7. The quantitative estimate of drug-likeness (QED) is 0.790. The fourth-order valence-electron chi connectivity index (χ4n) is 1.66. The molecule has 0 radical (unpaired) electrons. The Balaban J connectivity index is 1.76. The minimum atomic E-state index is -0.431. The van der Waals surface area contributed by atoms with Gasteiger partial charge in [0.05, 0.1) is 11.6 Å². The highest BCUT2D eigenvalue weighted by atomic mass is 16.6. The summed E-state index contributed by atoms with van der Waals surface area (Å²) >= 11 is 0. The van der Waals surface area contributed by atoms with Crippen molar-refractivity contribution in [2.45, 2.75) is 13.5 Å².